The van der Waals surface area contributed by atoms with Crippen LogP contribution in [0.4, 0.5) is 5.69 Å². The van der Waals surface area contributed by atoms with Crippen LogP contribution in [0.1, 0.15) is 54.2 Å². The molecule has 3 rings (SSSR count). The fourth-order valence-electron chi connectivity index (χ4n) is 3.71. The van der Waals surface area contributed by atoms with Gasteiger partial charge in [0, 0.05) is 24.8 Å². The van der Waals surface area contributed by atoms with Crippen LogP contribution < -0.4 is 9.62 Å². The maximum atomic E-state index is 12.9. The molecule has 0 spiro atoms. The average Bonchev–Trinajstić information content (AvgIpc) is 2.73. The second-order valence-electron chi connectivity index (χ2n) is 8.07. The maximum Gasteiger partial charge on any atom is 0.338 e. The number of aryl methyl sites for hydroxylation is 1. The largest absolute Gasteiger partial charge is 0.465 e. The molecule has 0 bridgehead atoms. The van der Waals surface area contributed by atoms with Gasteiger partial charge in [0.1, 0.15) is 0 Å². The zero-order valence-electron chi connectivity index (χ0n) is 18.0. The first-order valence-electron chi connectivity index (χ1n) is 10.3. The summed E-state index contributed by atoms with van der Waals surface area (Å²) in [5, 5.41) is 0. The second-order valence-corrected chi connectivity index (χ2v) is 9.79. The molecular formula is C23H30N2O4S. The lowest BCUT2D eigenvalue weighted by atomic mass is 9.98. The van der Waals surface area contributed by atoms with E-state index in [9.17, 15) is 13.2 Å². The predicted octanol–water partition coefficient (Wildman–Crippen LogP) is 4.06. The number of carbonyl (C=O) groups excluding carboxylic acids is 1. The van der Waals surface area contributed by atoms with Gasteiger partial charge in [0.25, 0.3) is 0 Å². The van der Waals surface area contributed by atoms with Gasteiger partial charge < -0.3 is 9.64 Å². The molecule has 6 nitrogen and oxygen atoms in total. The molecule has 0 unspecified atom stereocenters. The van der Waals surface area contributed by atoms with E-state index in [2.05, 4.69) is 28.7 Å². The van der Waals surface area contributed by atoms with Crippen molar-refractivity contribution in [3.05, 3.63) is 59.2 Å². The molecule has 2 aromatic carbocycles. The van der Waals surface area contributed by atoms with E-state index in [1.165, 1.54) is 37.8 Å². The molecule has 7 heteroatoms. The van der Waals surface area contributed by atoms with Crippen molar-refractivity contribution in [2.24, 2.45) is 5.92 Å². The number of hydrogen-bond acceptors (Lipinski definition) is 5. The van der Waals surface area contributed by atoms with E-state index in [1.807, 2.05) is 19.1 Å². The van der Waals surface area contributed by atoms with Crippen molar-refractivity contribution >= 4 is 21.7 Å². The third kappa shape index (κ3) is 5.02. The van der Waals surface area contributed by atoms with Gasteiger partial charge in [0.2, 0.25) is 10.0 Å². The number of hydrogen-bond donors (Lipinski definition) is 1. The monoisotopic (exact) mass is 430 g/mol. The summed E-state index contributed by atoms with van der Waals surface area (Å²) in [6.07, 6.45) is 2.39. The summed E-state index contributed by atoms with van der Waals surface area (Å²) in [7, 11) is -2.52. The van der Waals surface area contributed by atoms with Crippen LogP contribution >= 0.6 is 0 Å². The molecule has 1 saturated heterocycles. The van der Waals surface area contributed by atoms with Crippen molar-refractivity contribution in [1.29, 1.82) is 0 Å². The number of sulfonamides is 1. The number of nitrogens with zero attached hydrogens (tertiary/aromatic N) is 1. The van der Waals surface area contributed by atoms with Crippen molar-refractivity contribution in [3.8, 4) is 0 Å². The van der Waals surface area contributed by atoms with E-state index in [0.29, 0.717) is 5.56 Å². The Morgan fingerprint density at radius 2 is 1.77 bits per heavy atom. The van der Waals surface area contributed by atoms with Gasteiger partial charge >= 0.3 is 5.97 Å². The summed E-state index contributed by atoms with van der Waals surface area (Å²) in [6.45, 7) is 7.95. The van der Waals surface area contributed by atoms with Crippen LogP contribution in [-0.4, -0.2) is 34.6 Å². The molecule has 1 fully saturated rings. The normalized spacial score (nSPS) is 16.3. The Morgan fingerprint density at radius 3 is 2.37 bits per heavy atom. The van der Waals surface area contributed by atoms with Crippen LogP contribution in [0.2, 0.25) is 0 Å². The second kappa shape index (κ2) is 9.18. The molecule has 2 aromatic rings. The maximum absolute atomic E-state index is 12.9. The van der Waals surface area contributed by atoms with Gasteiger partial charge in [-0.05, 0) is 68.0 Å². The van der Waals surface area contributed by atoms with Crippen LogP contribution in [0.25, 0.3) is 0 Å². The number of ether oxygens (including phenoxy) is 1. The van der Waals surface area contributed by atoms with Crippen LogP contribution in [0.5, 0.6) is 0 Å². The van der Waals surface area contributed by atoms with Crippen molar-refractivity contribution < 1.29 is 17.9 Å². The van der Waals surface area contributed by atoms with Gasteiger partial charge in [-0.15, -0.1) is 0 Å². The molecule has 1 heterocycles. The third-order valence-electron chi connectivity index (χ3n) is 5.80. The highest BCUT2D eigenvalue weighted by molar-refractivity contribution is 7.89. The minimum Gasteiger partial charge on any atom is -0.465 e. The summed E-state index contributed by atoms with van der Waals surface area (Å²) in [4.78, 5) is 14.3. The predicted molar refractivity (Wildman–Crippen MR) is 118 cm³/mol. The topological polar surface area (TPSA) is 75.7 Å². The molecule has 162 valence electrons. The first kappa shape index (κ1) is 22.3. The van der Waals surface area contributed by atoms with E-state index < -0.39 is 22.0 Å². The summed E-state index contributed by atoms with van der Waals surface area (Å²) >= 11 is 0. The molecule has 1 aliphatic rings. The molecule has 0 aliphatic carbocycles. The standard InChI is InChI=1S/C23H30N2O4S/c1-16-11-13-25(14-12-16)20-8-6-19(7-9-20)18(3)24-30(27,28)21-10-5-17(2)22(15-21)23(26)29-4/h5-10,15-16,18,24H,11-14H2,1-4H3/t18-/m1/s1. The quantitative estimate of drug-likeness (QED) is 0.700. The Balaban J connectivity index is 1.73. The molecule has 0 amide bonds. The van der Waals surface area contributed by atoms with Gasteiger partial charge in [-0.2, -0.15) is 0 Å². The summed E-state index contributed by atoms with van der Waals surface area (Å²) in [5.74, 6) is 0.219. The molecule has 0 aromatic heterocycles. The Kier molecular flexibility index (Phi) is 6.83. The third-order valence-corrected chi connectivity index (χ3v) is 7.34. The van der Waals surface area contributed by atoms with Gasteiger partial charge in [-0.1, -0.05) is 25.1 Å². The van der Waals surface area contributed by atoms with Crippen molar-refractivity contribution in [1.82, 2.24) is 4.72 Å². The summed E-state index contributed by atoms with van der Waals surface area (Å²) in [6, 6.07) is 12.1. The van der Waals surface area contributed by atoms with Gasteiger partial charge in [-0.25, -0.2) is 17.9 Å². The smallest absolute Gasteiger partial charge is 0.338 e. The lowest BCUT2D eigenvalue weighted by Gasteiger charge is -2.32. The Morgan fingerprint density at radius 1 is 1.13 bits per heavy atom. The Bertz CT molecular complexity index is 994. The van der Waals surface area contributed by atoms with Gasteiger partial charge in [0.15, 0.2) is 0 Å². The number of benzene rings is 2. The van der Waals surface area contributed by atoms with Gasteiger partial charge in [-0.3, -0.25) is 0 Å². The lowest BCUT2D eigenvalue weighted by Crippen LogP contribution is -2.32. The van der Waals surface area contributed by atoms with Crippen molar-refractivity contribution in [2.75, 3.05) is 25.1 Å². The number of anilines is 1. The Labute approximate surface area is 179 Å². The average molecular weight is 431 g/mol. The zero-order chi connectivity index (χ0) is 21.9. The number of nitrogens with one attached hydrogen (secondary N) is 1. The fourth-order valence-corrected chi connectivity index (χ4v) is 4.97. The van der Waals surface area contributed by atoms with E-state index in [4.69, 9.17) is 4.74 Å². The molecular weight excluding hydrogens is 400 g/mol. The number of carbonyl (C=O) groups is 1. The summed E-state index contributed by atoms with van der Waals surface area (Å²) < 4.78 is 33.2. The number of rotatable bonds is 6. The minimum absolute atomic E-state index is 0.0411. The van der Waals surface area contributed by atoms with E-state index in [0.717, 1.165) is 24.6 Å². The zero-order valence-corrected chi connectivity index (χ0v) is 18.8. The van der Waals surface area contributed by atoms with Crippen LogP contribution in [0.3, 0.4) is 0 Å². The first-order valence-corrected chi connectivity index (χ1v) is 11.8. The highest BCUT2D eigenvalue weighted by Gasteiger charge is 2.22. The van der Waals surface area contributed by atoms with Crippen molar-refractivity contribution in [3.63, 3.8) is 0 Å². The highest BCUT2D eigenvalue weighted by atomic mass is 32.2. The van der Waals surface area contributed by atoms with Crippen LogP contribution in [0.15, 0.2) is 47.4 Å². The number of piperidine rings is 1. The lowest BCUT2D eigenvalue weighted by molar-refractivity contribution is 0.0599. The molecule has 30 heavy (non-hydrogen) atoms. The first-order chi connectivity index (χ1) is 14.2. The van der Waals surface area contributed by atoms with E-state index >= 15 is 0 Å². The van der Waals surface area contributed by atoms with Crippen LogP contribution in [0, 0.1) is 12.8 Å². The van der Waals surface area contributed by atoms with E-state index in [1.54, 1.807) is 13.0 Å². The molecule has 1 aliphatic heterocycles. The summed E-state index contributed by atoms with van der Waals surface area (Å²) in [5.41, 5.74) is 2.96. The number of methoxy groups -OCH3 is 1. The molecule has 1 N–H and O–H groups in total. The number of esters is 1. The van der Waals surface area contributed by atoms with Crippen LogP contribution in [-0.2, 0) is 14.8 Å². The molecule has 1 atom stereocenters. The van der Waals surface area contributed by atoms with Crippen molar-refractivity contribution in [2.45, 2.75) is 44.6 Å². The fraction of sp³-hybridized carbons (Fsp3) is 0.435. The molecule has 0 radical (unpaired) electrons. The SMILES string of the molecule is COC(=O)c1cc(S(=O)(=O)N[C@H](C)c2ccc(N3CCC(C)CC3)cc2)ccc1C. The highest BCUT2D eigenvalue weighted by Crippen LogP contribution is 2.25. The Hall–Kier alpha value is -2.38. The molecule has 0 saturated carbocycles. The van der Waals surface area contributed by atoms with E-state index in [-0.39, 0.29) is 10.5 Å². The minimum atomic E-state index is -3.79. The van der Waals surface area contributed by atoms with Gasteiger partial charge in [0.05, 0.1) is 17.6 Å².